The average Bonchev–Trinajstić information content (AvgIpc) is 2.69. The van der Waals surface area contributed by atoms with E-state index in [0.717, 1.165) is 11.5 Å². The number of nitrogens with zero attached hydrogens (tertiary/aromatic N) is 1. The van der Waals surface area contributed by atoms with Gasteiger partial charge in [0.05, 0.1) is 15.6 Å². The predicted molar refractivity (Wildman–Crippen MR) is 107 cm³/mol. The van der Waals surface area contributed by atoms with Gasteiger partial charge >= 0.3 is 5.97 Å². The molecule has 0 bridgehead atoms. The zero-order valence-corrected chi connectivity index (χ0v) is 15.8. The van der Waals surface area contributed by atoms with E-state index in [0.29, 0.717) is 5.39 Å². The number of benzene rings is 3. The van der Waals surface area contributed by atoms with Crippen LogP contribution < -0.4 is 5.32 Å². The van der Waals surface area contributed by atoms with E-state index in [1.54, 1.807) is 30.3 Å². The van der Waals surface area contributed by atoms with Crippen LogP contribution >= 0.6 is 11.6 Å². The largest absolute Gasteiger partial charge is 0.506 e. The van der Waals surface area contributed by atoms with Gasteiger partial charge < -0.3 is 15.2 Å². The highest BCUT2D eigenvalue weighted by Crippen LogP contribution is 2.30. The number of nitrogens with one attached hydrogen (secondary N) is 1. The molecule has 0 spiro atoms. The van der Waals surface area contributed by atoms with Crippen molar-refractivity contribution in [2.45, 2.75) is 13.0 Å². The van der Waals surface area contributed by atoms with Crippen LogP contribution in [0, 0.1) is 10.1 Å². The number of halogens is 1. The molecule has 0 aromatic heterocycles. The van der Waals surface area contributed by atoms with E-state index in [1.165, 1.54) is 25.1 Å². The van der Waals surface area contributed by atoms with Gasteiger partial charge in [-0.05, 0) is 24.4 Å². The highest BCUT2D eigenvalue weighted by atomic mass is 35.5. The summed E-state index contributed by atoms with van der Waals surface area (Å²) in [4.78, 5) is 35.0. The molecule has 2 N–H and O–H groups in total. The first-order valence-corrected chi connectivity index (χ1v) is 8.82. The number of carbonyl (C=O) groups excluding carboxylic acids is 2. The van der Waals surface area contributed by atoms with E-state index in [2.05, 4.69) is 5.32 Å². The molecule has 3 aromatic carbocycles. The lowest BCUT2D eigenvalue weighted by Crippen LogP contribution is -2.30. The normalized spacial score (nSPS) is 11.7. The molecule has 148 valence electrons. The van der Waals surface area contributed by atoms with E-state index in [9.17, 15) is 24.8 Å². The molecule has 0 saturated carbocycles. The van der Waals surface area contributed by atoms with Gasteiger partial charge in [0.15, 0.2) is 6.10 Å². The lowest BCUT2D eigenvalue weighted by atomic mass is 10.1. The number of nitro benzene ring substituents is 1. The number of anilines is 1. The monoisotopic (exact) mass is 414 g/mol. The number of hydrogen-bond acceptors (Lipinski definition) is 6. The Hall–Kier alpha value is -3.65. The molecule has 0 aliphatic heterocycles. The second kappa shape index (κ2) is 8.15. The van der Waals surface area contributed by atoms with E-state index in [4.69, 9.17) is 16.3 Å². The van der Waals surface area contributed by atoms with E-state index in [1.807, 2.05) is 0 Å². The standard InChI is InChI=1S/C20H15ClN2O6/c1-11(19(25)22-17-10-13(23(27)28)7-9-16(17)21)29-20(26)15-8-6-12-4-2-3-5-14(12)18(15)24/h2-11,24H,1H3,(H,22,25). The molecular weight excluding hydrogens is 400 g/mol. The van der Waals surface area contributed by atoms with E-state index < -0.39 is 22.9 Å². The third-order valence-corrected chi connectivity index (χ3v) is 4.52. The van der Waals surface area contributed by atoms with Crippen molar-refractivity contribution in [3.8, 4) is 5.75 Å². The summed E-state index contributed by atoms with van der Waals surface area (Å²) in [6.07, 6.45) is -1.25. The Morgan fingerprint density at radius 1 is 1.17 bits per heavy atom. The number of aromatic hydroxyl groups is 1. The van der Waals surface area contributed by atoms with Gasteiger partial charge in [-0.1, -0.05) is 41.9 Å². The smallest absolute Gasteiger partial charge is 0.342 e. The fourth-order valence-corrected chi connectivity index (χ4v) is 2.82. The number of ether oxygens (including phenoxy) is 1. The molecule has 0 aliphatic rings. The molecule has 3 aromatic rings. The van der Waals surface area contributed by atoms with E-state index >= 15 is 0 Å². The Morgan fingerprint density at radius 3 is 2.62 bits per heavy atom. The van der Waals surface area contributed by atoms with Crippen molar-refractivity contribution >= 4 is 45.6 Å². The third kappa shape index (κ3) is 4.27. The molecule has 0 radical (unpaired) electrons. The molecule has 0 aliphatic carbocycles. The van der Waals surface area contributed by atoms with Gasteiger partial charge in [0.2, 0.25) is 0 Å². The summed E-state index contributed by atoms with van der Waals surface area (Å²) < 4.78 is 5.13. The van der Waals surface area contributed by atoms with Crippen molar-refractivity contribution < 1.29 is 24.4 Å². The number of phenolic OH excluding ortho intramolecular Hbond substituents is 1. The minimum absolute atomic E-state index is 0.0160. The maximum atomic E-state index is 12.4. The Labute approximate surface area is 169 Å². The summed E-state index contributed by atoms with van der Waals surface area (Å²) in [5, 5.41) is 24.9. The maximum Gasteiger partial charge on any atom is 0.342 e. The number of nitro groups is 1. The van der Waals surface area contributed by atoms with Crippen molar-refractivity contribution in [1.29, 1.82) is 0 Å². The summed E-state index contributed by atoms with van der Waals surface area (Å²) >= 11 is 5.95. The van der Waals surface area contributed by atoms with Crippen molar-refractivity contribution in [1.82, 2.24) is 0 Å². The lowest BCUT2D eigenvalue weighted by molar-refractivity contribution is -0.384. The number of fused-ring (bicyclic) bond motifs is 1. The summed E-state index contributed by atoms with van der Waals surface area (Å²) in [5.74, 6) is -1.87. The second-order valence-electron chi connectivity index (χ2n) is 6.14. The average molecular weight is 415 g/mol. The van der Waals surface area contributed by atoms with Gasteiger partial charge in [-0.15, -0.1) is 0 Å². The first-order chi connectivity index (χ1) is 13.8. The van der Waals surface area contributed by atoms with Crippen molar-refractivity contribution in [3.05, 3.63) is 75.3 Å². The molecule has 3 rings (SSSR count). The Kier molecular flexibility index (Phi) is 5.65. The van der Waals surface area contributed by atoms with Crippen LogP contribution in [0.1, 0.15) is 17.3 Å². The number of hydrogen-bond donors (Lipinski definition) is 2. The third-order valence-electron chi connectivity index (χ3n) is 4.19. The van der Waals surface area contributed by atoms with Gasteiger partial charge in [0.25, 0.3) is 11.6 Å². The molecule has 1 unspecified atom stereocenters. The topological polar surface area (TPSA) is 119 Å². The summed E-state index contributed by atoms with van der Waals surface area (Å²) in [7, 11) is 0. The van der Waals surface area contributed by atoms with Crippen LogP contribution in [0.3, 0.4) is 0 Å². The van der Waals surface area contributed by atoms with Crippen LogP contribution in [-0.4, -0.2) is 28.0 Å². The SMILES string of the molecule is CC(OC(=O)c1ccc2ccccc2c1O)C(=O)Nc1cc([N+](=O)[O-])ccc1Cl. The van der Waals surface area contributed by atoms with Crippen LogP contribution in [0.25, 0.3) is 10.8 Å². The highest BCUT2D eigenvalue weighted by molar-refractivity contribution is 6.33. The van der Waals surface area contributed by atoms with Gasteiger partial charge in [-0.3, -0.25) is 14.9 Å². The van der Waals surface area contributed by atoms with Gasteiger partial charge in [0.1, 0.15) is 11.3 Å². The summed E-state index contributed by atoms with van der Waals surface area (Å²) in [6.45, 7) is 1.33. The molecule has 1 atom stereocenters. The Morgan fingerprint density at radius 2 is 1.90 bits per heavy atom. The van der Waals surface area contributed by atoms with Crippen molar-refractivity contribution in [2.75, 3.05) is 5.32 Å². The zero-order chi connectivity index (χ0) is 21.1. The summed E-state index contributed by atoms with van der Waals surface area (Å²) in [6, 6.07) is 13.6. The molecule has 0 fully saturated rings. The molecule has 9 heteroatoms. The number of esters is 1. The lowest BCUT2D eigenvalue weighted by Gasteiger charge is -2.15. The highest BCUT2D eigenvalue weighted by Gasteiger charge is 2.23. The number of non-ortho nitro benzene ring substituents is 1. The quantitative estimate of drug-likeness (QED) is 0.365. The minimum atomic E-state index is -1.25. The first kappa shape index (κ1) is 20.1. The summed E-state index contributed by atoms with van der Waals surface area (Å²) in [5.41, 5.74) is -0.325. The van der Waals surface area contributed by atoms with Crippen molar-refractivity contribution in [2.24, 2.45) is 0 Å². The fraction of sp³-hybridized carbons (Fsp3) is 0.100. The molecule has 0 heterocycles. The van der Waals surface area contributed by atoms with Crippen LogP contribution in [-0.2, 0) is 9.53 Å². The van der Waals surface area contributed by atoms with Gasteiger partial charge in [-0.2, -0.15) is 0 Å². The van der Waals surface area contributed by atoms with Crippen LogP contribution in [0.4, 0.5) is 11.4 Å². The fourth-order valence-electron chi connectivity index (χ4n) is 2.65. The zero-order valence-electron chi connectivity index (χ0n) is 15.1. The number of carbonyl (C=O) groups is 2. The Balaban J connectivity index is 1.75. The second-order valence-corrected chi connectivity index (χ2v) is 6.55. The van der Waals surface area contributed by atoms with E-state index in [-0.39, 0.29) is 27.7 Å². The van der Waals surface area contributed by atoms with Crippen LogP contribution in [0.5, 0.6) is 5.75 Å². The van der Waals surface area contributed by atoms with Gasteiger partial charge in [0, 0.05) is 17.5 Å². The molecule has 1 amide bonds. The molecule has 0 saturated heterocycles. The first-order valence-electron chi connectivity index (χ1n) is 8.44. The number of amides is 1. The number of phenols is 1. The minimum Gasteiger partial charge on any atom is -0.506 e. The Bertz CT molecular complexity index is 1130. The maximum absolute atomic E-state index is 12.4. The van der Waals surface area contributed by atoms with Crippen LogP contribution in [0.15, 0.2) is 54.6 Å². The van der Waals surface area contributed by atoms with Crippen LogP contribution in [0.2, 0.25) is 5.02 Å². The van der Waals surface area contributed by atoms with Gasteiger partial charge in [-0.25, -0.2) is 4.79 Å². The molecule has 8 nitrogen and oxygen atoms in total. The molecule has 29 heavy (non-hydrogen) atoms. The number of rotatable bonds is 5. The molecular formula is C20H15ClN2O6. The predicted octanol–water partition coefficient (Wildman–Crippen LogP) is 4.29. The van der Waals surface area contributed by atoms with Crippen molar-refractivity contribution in [3.63, 3.8) is 0 Å².